The van der Waals surface area contributed by atoms with Crippen LogP contribution >= 0.6 is 0 Å². The molecule has 1 atom stereocenters. The van der Waals surface area contributed by atoms with Crippen molar-refractivity contribution in [3.8, 4) is 0 Å². The molecule has 0 spiro atoms. The van der Waals surface area contributed by atoms with Gasteiger partial charge in [-0.1, -0.05) is 20.8 Å². The Labute approximate surface area is 109 Å². The zero-order chi connectivity index (χ0) is 13.9. The standard InChI is InChI=1S/C13H25N3O2/c1-13(2,3)10(14)7-12(18)16(4)8-11(17)15-9-5-6-9/h9-10H,5-8,14H2,1-4H3,(H,15,17). The van der Waals surface area contributed by atoms with Crippen LogP contribution in [-0.4, -0.2) is 42.4 Å². The third kappa shape index (κ3) is 5.04. The van der Waals surface area contributed by atoms with E-state index in [4.69, 9.17) is 5.73 Å². The lowest BCUT2D eigenvalue weighted by atomic mass is 9.85. The molecule has 2 amide bonds. The summed E-state index contributed by atoms with van der Waals surface area (Å²) < 4.78 is 0. The highest BCUT2D eigenvalue weighted by atomic mass is 16.2. The van der Waals surface area contributed by atoms with E-state index in [0.29, 0.717) is 6.04 Å². The number of hydrogen-bond donors (Lipinski definition) is 2. The Hall–Kier alpha value is -1.10. The molecule has 1 aliphatic rings. The van der Waals surface area contributed by atoms with Gasteiger partial charge in [-0.15, -0.1) is 0 Å². The second-order valence-corrected chi connectivity index (χ2v) is 6.27. The molecule has 0 saturated heterocycles. The van der Waals surface area contributed by atoms with Crippen molar-refractivity contribution in [2.75, 3.05) is 13.6 Å². The molecule has 3 N–H and O–H groups in total. The second kappa shape index (κ2) is 5.69. The van der Waals surface area contributed by atoms with Crippen molar-refractivity contribution in [1.29, 1.82) is 0 Å². The van der Waals surface area contributed by atoms with E-state index in [0.717, 1.165) is 12.8 Å². The van der Waals surface area contributed by atoms with Gasteiger partial charge in [0.15, 0.2) is 0 Å². The second-order valence-electron chi connectivity index (χ2n) is 6.27. The number of amides is 2. The van der Waals surface area contributed by atoms with Crippen LogP contribution < -0.4 is 11.1 Å². The van der Waals surface area contributed by atoms with Gasteiger partial charge in [-0.3, -0.25) is 9.59 Å². The normalized spacial score (nSPS) is 17.2. The highest BCUT2D eigenvalue weighted by Crippen LogP contribution is 2.20. The fourth-order valence-corrected chi connectivity index (χ4v) is 1.45. The fraction of sp³-hybridized carbons (Fsp3) is 0.846. The average molecular weight is 255 g/mol. The highest BCUT2D eigenvalue weighted by Gasteiger charge is 2.27. The van der Waals surface area contributed by atoms with Crippen molar-refractivity contribution < 1.29 is 9.59 Å². The summed E-state index contributed by atoms with van der Waals surface area (Å²) in [5.41, 5.74) is 5.86. The van der Waals surface area contributed by atoms with Crippen LogP contribution in [0.15, 0.2) is 0 Å². The van der Waals surface area contributed by atoms with Gasteiger partial charge in [-0.05, 0) is 18.3 Å². The molecule has 104 valence electrons. The van der Waals surface area contributed by atoms with E-state index < -0.39 is 0 Å². The van der Waals surface area contributed by atoms with E-state index in [2.05, 4.69) is 5.32 Å². The largest absolute Gasteiger partial charge is 0.352 e. The SMILES string of the molecule is CN(CC(=O)NC1CC1)C(=O)CC(N)C(C)(C)C. The van der Waals surface area contributed by atoms with E-state index in [-0.39, 0.29) is 36.2 Å². The molecule has 0 heterocycles. The summed E-state index contributed by atoms with van der Waals surface area (Å²) in [6.45, 7) is 6.13. The van der Waals surface area contributed by atoms with Crippen molar-refractivity contribution in [1.82, 2.24) is 10.2 Å². The predicted molar refractivity (Wildman–Crippen MR) is 70.8 cm³/mol. The monoisotopic (exact) mass is 255 g/mol. The number of likely N-dealkylation sites (N-methyl/N-ethyl adjacent to an activating group) is 1. The maximum atomic E-state index is 11.9. The smallest absolute Gasteiger partial charge is 0.239 e. The Kier molecular flexibility index (Phi) is 4.73. The van der Waals surface area contributed by atoms with Crippen LogP contribution in [0.2, 0.25) is 0 Å². The van der Waals surface area contributed by atoms with Gasteiger partial charge in [0.1, 0.15) is 0 Å². The minimum atomic E-state index is -0.195. The Morgan fingerprint density at radius 2 is 1.94 bits per heavy atom. The fourth-order valence-electron chi connectivity index (χ4n) is 1.45. The van der Waals surface area contributed by atoms with E-state index in [9.17, 15) is 9.59 Å². The zero-order valence-corrected chi connectivity index (χ0v) is 11.8. The molecule has 1 fully saturated rings. The first kappa shape index (κ1) is 15.0. The number of carbonyl (C=O) groups is 2. The summed E-state index contributed by atoms with van der Waals surface area (Å²) in [7, 11) is 1.64. The molecular formula is C13H25N3O2. The summed E-state index contributed by atoms with van der Waals surface area (Å²) in [5, 5.41) is 2.86. The van der Waals surface area contributed by atoms with Crippen LogP contribution in [0.4, 0.5) is 0 Å². The lowest BCUT2D eigenvalue weighted by Gasteiger charge is -2.28. The average Bonchev–Trinajstić information content (AvgIpc) is 2.99. The number of nitrogens with two attached hydrogens (primary N) is 1. The maximum absolute atomic E-state index is 11.9. The quantitative estimate of drug-likeness (QED) is 0.750. The van der Waals surface area contributed by atoms with E-state index in [1.54, 1.807) is 7.05 Å². The summed E-state index contributed by atoms with van der Waals surface area (Å²) in [6, 6.07) is 0.136. The van der Waals surface area contributed by atoms with Crippen molar-refractivity contribution >= 4 is 11.8 Å². The molecule has 0 aromatic carbocycles. The summed E-state index contributed by atoms with van der Waals surface area (Å²) in [5.74, 6) is -0.166. The zero-order valence-electron chi connectivity index (χ0n) is 11.8. The first-order chi connectivity index (χ1) is 8.20. The van der Waals surface area contributed by atoms with Crippen LogP contribution in [0.1, 0.15) is 40.0 Å². The number of hydrogen-bond acceptors (Lipinski definition) is 3. The lowest BCUT2D eigenvalue weighted by Crippen LogP contribution is -2.43. The minimum absolute atomic E-state index is 0.0802. The molecular weight excluding hydrogens is 230 g/mol. The molecule has 18 heavy (non-hydrogen) atoms. The Bertz CT molecular complexity index is 319. The van der Waals surface area contributed by atoms with E-state index >= 15 is 0 Å². The third-order valence-electron chi connectivity index (χ3n) is 3.26. The van der Waals surface area contributed by atoms with Crippen molar-refractivity contribution in [3.05, 3.63) is 0 Å². The molecule has 1 aliphatic carbocycles. The summed E-state index contributed by atoms with van der Waals surface area (Å²) in [6.07, 6.45) is 2.38. The van der Waals surface area contributed by atoms with E-state index in [1.807, 2.05) is 20.8 Å². The molecule has 0 aliphatic heterocycles. The van der Waals surface area contributed by atoms with Gasteiger partial charge in [0.05, 0.1) is 6.54 Å². The van der Waals surface area contributed by atoms with Crippen molar-refractivity contribution in [2.24, 2.45) is 11.1 Å². The highest BCUT2D eigenvalue weighted by molar-refractivity contribution is 5.85. The Morgan fingerprint density at radius 3 is 2.39 bits per heavy atom. The van der Waals surface area contributed by atoms with Gasteiger partial charge in [-0.2, -0.15) is 0 Å². The van der Waals surface area contributed by atoms with Crippen LogP contribution in [0.25, 0.3) is 0 Å². The number of carbonyl (C=O) groups excluding carboxylic acids is 2. The molecule has 0 aromatic heterocycles. The molecule has 5 nitrogen and oxygen atoms in total. The van der Waals surface area contributed by atoms with Gasteiger partial charge < -0.3 is 16.0 Å². The van der Waals surface area contributed by atoms with Gasteiger partial charge in [0.25, 0.3) is 0 Å². The van der Waals surface area contributed by atoms with Crippen LogP contribution in [0.3, 0.4) is 0 Å². The molecule has 0 bridgehead atoms. The van der Waals surface area contributed by atoms with Crippen LogP contribution in [0.5, 0.6) is 0 Å². The third-order valence-corrected chi connectivity index (χ3v) is 3.26. The van der Waals surface area contributed by atoms with Gasteiger partial charge >= 0.3 is 0 Å². The maximum Gasteiger partial charge on any atom is 0.239 e. The van der Waals surface area contributed by atoms with Gasteiger partial charge in [0.2, 0.25) is 11.8 Å². The Morgan fingerprint density at radius 1 is 1.39 bits per heavy atom. The molecule has 1 saturated carbocycles. The molecule has 0 aromatic rings. The summed E-state index contributed by atoms with van der Waals surface area (Å²) in [4.78, 5) is 24.9. The topological polar surface area (TPSA) is 75.4 Å². The lowest BCUT2D eigenvalue weighted by molar-refractivity contribution is -0.135. The first-order valence-corrected chi connectivity index (χ1v) is 6.49. The number of nitrogens with one attached hydrogen (secondary N) is 1. The Balaban J connectivity index is 2.33. The number of nitrogens with zero attached hydrogens (tertiary/aromatic N) is 1. The molecule has 1 rings (SSSR count). The van der Waals surface area contributed by atoms with Gasteiger partial charge in [0, 0.05) is 25.6 Å². The number of rotatable bonds is 5. The van der Waals surface area contributed by atoms with Crippen molar-refractivity contribution in [2.45, 2.75) is 52.1 Å². The molecule has 0 radical (unpaired) electrons. The van der Waals surface area contributed by atoms with Crippen molar-refractivity contribution in [3.63, 3.8) is 0 Å². The van der Waals surface area contributed by atoms with E-state index in [1.165, 1.54) is 4.90 Å². The molecule has 1 unspecified atom stereocenters. The summed E-state index contributed by atoms with van der Waals surface area (Å²) >= 11 is 0. The van der Waals surface area contributed by atoms with Crippen LogP contribution in [0, 0.1) is 5.41 Å². The molecule has 5 heteroatoms. The minimum Gasteiger partial charge on any atom is -0.352 e. The van der Waals surface area contributed by atoms with Crippen LogP contribution in [-0.2, 0) is 9.59 Å². The predicted octanol–water partition coefficient (Wildman–Crippen LogP) is 0.487. The van der Waals surface area contributed by atoms with Gasteiger partial charge in [-0.25, -0.2) is 0 Å². The first-order valence-electron chi connectivity index (χ1n) is 6.49.